The van der Waals surface area contributed by atoms with Crippen molar-refractivity contribution in [2.24, 2.45) is 0 Å². The molecule has 2 aromatic rings. The molecule has 7 nitrogen and oxygen atoms in total. The summed E-state index contributed by atoms with van der Waals surface area (Å²) in [4.78, 5) is 12.5. The summed E-state index contributed by atoms with van der Waals surface area (Å²) in [5.41, 5.74) is 0.251. The first-order chi connectivity index (χ1) is 12.4. The Labute approximate surface area is 156 Å². The van der Waals surface area contributed by atoms with Gasteiger partial charge in [-0.05, 0) is 25.0 Å². The second-order valence-corrected chi connectivity index (χ2v) is 9.72. The maximum absolute atomic E-state index is 12.6. The monoisotopic (exact) mass is 392 g/mol. The van der Waals surface area contributed by atoms with Gasteiger partial charge in [-0.2, -0.15) is 0 Å². The average molecular weight is 393 g/mol. The third kappa shape index (κ3) is 2.83. The molecule has 0 spiro atoms. The lowest BCUT2D eigenvalue weighted by atomic mass is 10.2. The molecule has 1 aliphatic carbocycles. The number of fused-ring (bicyclic) bond motifs is 1. The zero-order chi connectivity index (χ0) is 18.5. The number of benzene rings is 1. The Bertz CT molecular complexity index is 964. The first-order valence-electron chi connectivity index (χ1n) is 8.65. The summed E-state index contributed by atoms with van der Waals surface area (Å²) < 4.78 is 28.3. The van der Waals surface area contributed by atoms with Crippen molar-refractivity contribution in [3.63, 3.8) is 0 Å². The minimum atomic E-state index is -3.74. The van der Waals surface area contributed by atoms with E-state index in [0.29, 0.717) is 11.8 Å². The molecule has 1 aromatic heterocycles. The highest BCUT2D eigenvalue weighted by molar-refractivity contribution is 7.99. The van der Waals surface area contributed by atoms with Crippen LogP contribution < -0.4 is 0 Å². The van der Waals surface area contributed by atoms with Gasteiger partial charge in [0.15, 0.2) is 5.16 Å². The first-order valence-corrected chi connectivity index (χ1v) is 11.1. The van der Waals surface area contributed by atoms with Crippen LogP contribution in [0.2, 0.25) is 0 Å². The molecule has 1 fully saturated rings. The summed E-state index contributed by atoms with van der Waals surface area (Å²) in [6.07, 6.45) is 2.25. The predicted octanol–water partition coefficient (Wildman–Crippen LogP) is 2.67. The quantitative estimate of drug-likeness (QED) is 0.703. The van der Waals surface area contributed by atoms with Crippen LogP contribution in [-0.2, 0) is 10.0 Å². The van der Waals surface area contributed by atoms with E-state index in [9.17, 15) is 13.2 Å². The Morgan fingerprint density at radius 3 is 2.62 bits per heavy atom. The summed E-state index contributed by atoms with van der Waals surface area (Å²) >= 11 is 1.45. The van der Waals surface area contributed by atoms with Crippen LogP contribution in [-0.4, -0.2) is 45.7 Å². The second-order valence-electron chi connectivity index (χ2n) is 6.82. The molecule has 0 N–H and O–H groups in total. The van der Waals surface area contributed by atoms with Crippen LogP contribution in [0.5, 0.6) is 0 Å². The van der Waals surface area contributed by atoms with Gasteiger partial charge in [0, 0.05) is 24.3 Å². The highest BCUT2D eigenvalue weighted by atomic mass is 32.2. The molecule has 2 aliphatic rings. The summed E-state index contributed by atoms with van der Waals surface area (Å²) in [5, 5.41) is 9.38. The largest absolute Gasteiger partial charge is 0.303 e. The van der Waals surface area contributed by atoms with E-state index in [1.54, 1.807) is 18.2 Å². The van der Waals surface area contributed by atoms with E-state index in [0.717, 1.165) is 28.1 Å². The van der Waals surface area contributed by atoms with Gasteiger partial charge in [0.25, 0.3) is 15.9 Å². The minimum absolute atomic E-state index is 0.0956. The fourth-order valence-corrected chi connectivity index (χ4v) is 5.75. The van der Waals surface area contributed by atoms with Gasteiger partial charge < -0.3 is 4.57 Å². The van der Waals surface area contributed by atoms with Crippen LogP contribution in [0.25, 0.3) is 0 Å². The molecule has 9 heteroatoms. The van der Waals surface area contributed by atoms with Gasteiger partial charge in [0.2, 0.25) is 0 Å². The lowest BCUT2D eigenvalue weighted by Crippen LogP contribution is -2.32. The van der Waals surface area contributed by atoms with Gasteiger partial charge in [0.05, 0.1) is 5.56 Å². The van der Waals surface area contributed by atoms with Gasteiger partial charge in [-0.25, -0.2) is 12.7 Å². The van der Waals surface area contributed by atoms with Gasteiger partial charge in [-0.1, -0.05) is 37.7 Å². The predicted molar refractivity (Wildman–Crippen MR) is 97.8 cm³/mol. The van der Waals surface area contributed by atoms with Crippen LogP contribution in [0.15, 0.2) is 34.3 Å². The highest BCUT2D eigenvalue weighted by Crippen LogP contribution is 2.40. The number of thioether (sulfide) groups is 1. The zero-order valence-electron chi connectivity index (χ0n) is 14.6. The molecular formula is C17H20N4O3S2. The number of hydrogen-bond acceptors (Lipinski definition) is 6. The van der Waals surface area contributed by atoms with Crippen molar-refractivity contribution in [2.75, 3.05) is 12.3 Å². The number of carbonyl (C=O) groups is 1. The molecule has 1 aliphatic heterocycles. The summed E-state index contributed by atoms with van der Waals surface area (Å²) in [5.74, 6) is 1.24. The Morgan fingerprint density at radius 1 is 1.23 bits per heavy atom. The fraction of sp³-hybridized carbons (Fsp3) is 0.471. The summed E-state index contributed by atoms with van der Waals surface area (Å²) in [7, 11) is -3.74. The van der Waals surface area contributed by atoms with Crippen LogP contribution in [0, 0.1) is 0 Å². The zero-order valence-corrected chi connectivity index (χ0v) is 16.3. The Morgan fingerprint density at radius 2 is 1.96 bits per heavy atom. The molecular weight excluding hydrogens is 372 g/mol. The van der Waals surface area contributed by atoms with Crippen molar-refractivity contribution in [2.45, 2.75) is 48.7 Å². The number of carbonyl (C=O) groups excluding carboxylic acids is 1. The Hall–Kier alpha value is -1.87. The van der Waals surface area contributed by atoms with Gasteiger partial charge in [-0.15, -0.1) is 10.2 Å². The van der Waals surface area contributed by atoms with Crippen molar-refractivity contribution >= 4 is 27.7 Å². The normalized spacial score (nSPS) is 18.6. The van der Waals surface area contributed by atoms with Gasteiger partial charge >= 0.3 is 0 Å². The lowest BCUT2D eigenvalue weighted by Gasteiger charge is -2.15. The van der Waals surface area contributed by atoms with Crippen LogP contribution in [0.3, 0.4) is 0 Å². The molecule has 2 heterocycles. The average Bonchev–Trinajstić information content (AvgIpc) is 3.33. The van der Waals surface area contributed by atoms with E-state index in [1.165, 1.54) is 17.8 Å². The molecule has 1 amide bonds. The minimum Gasteiger partial charge on any atom is -0.303 e. The van der Waals surface area contributed by atoms with E-state index in [1.807, 2.05) is 0 Å². The standard InChI is InChI=1S/C17H20N4O3S2/c1-11(2)15-18-19-17(21(15)12-7-8-12)25-10-9-20-16(22)13-5-3-4-6-14(13)26(20,23)24/h3-6,11-12H,7-10H2,1-2H3. The van der Waals surface area contributed by atoms with Crippen molar-refractivity contribution in [3.05, 3.63) is 35.7 Å². The van der Waals surface area contributed by atoms with Crippen LogP contribution >= 0.6 is 11.8 Å². The van der Waals surface area contributed by atoms with Crippen molar-refractivity contribution in [3.8, 4) is 0 Å². The molecule has 1 saturated carbocycles. The molecule has 0 radical (unpaired) electrons. The molecule has 138 valence electrons. The first kappa shape index (κ1) is 17.5. The highest BCUT2D eigenvalue weighted by Gasteiger charge is 2.40. The van der Waals surface area contributed by atoms with Crippen molar-refractivity contribution in [1.82, 2.24) is 19.1 Å². The molecule has 26 heavy (non-hydrogen) atoms. The molecule has 0 unspecified atom stereocenters. The maximum Gasteiger partial charge on any atom is 0.269 e. The second kappa shape index (κ2) is 6.38. The SMILES string of the molecule is CC(C)c1nnc(SCCN2C(=O)c3ccccc3S2(=O)=O)n1C1CC1. The van der Waals surface area contributed by atoms with E-state index in [4.69, 9.17) is 0 Å². The van der Waals surface area contributed by atoms with Gasteiger partial charge in [0.1, 0.15) is 10.7 Å². The van der Waals surface area contributed by atoms with E-state index >= 15 is 0 Å². The summed E-state index contributed by atoms with van der Waals surface area (Å²) in [6, 6.07) is 6.80. The van der Waals surface area contributed by atoms with Crippen molar-refractivity contribution in [1.29, 1.82) is 0 Å². The Balaban J connectivity index is 1.49. The Kier molecular flexibility index (Phi) is 4.31. The number of rotatable bonds is 6. The van der Waals surface area contributed by atoms with Crippen LogP contribution in [0.4, 0.5) is 0 Å². The molecule has 0 bridgehead atoms. The van der Waals surface area contributed by atoms with Crippen LogP contribution in [0.1, 0.15) is 54.8 Å². The number of nitrogens with zero attached hydrogens (tertiary/aromatic N) is 4. The van der Waals surface area contributed by atoms with Gasteiger partial charge in [-0.3, -0.25) is 4.79 Å². The van der Waals surface area contributed by atoms with E-state index in [2.05, 4.69) is 28.6 Å². The third-order valence-corrected chi connectivity index (χ3v) is 7.32. The number of aromatic nitrogens is 3. The summed E-state index contributed by atoms with van der Waals surface area (Å²) in [6.45, 7) is 4.29. The third-order valence-electron chi connectivity index (χ3n) is 4.56. The topological polar surface area (TPSA) is 85.2 Å². The van der Waals surface area contributed by atoms with E-state index < -0.39 is 15.9 Å². The number of sulfonamides is 1. The molecule has 1 aromatic carbocycles. The lowest BCUT2D eigenvalue weighted by molar-refractivity contribution is 0.0876. The molecule has 0 saturated heterocycles. The molecule has 0 atom stereocenters. The molecule has 4 rings (SSSR count). The smallest absolute Gasteiger partial charge is 0.269 e. The van der Waals surface area contributed by atoms with Crippen molar-refractivity contribution < 1.29 is 13.2 Å². The number of hydrogen-bond donors (Lipinski definition) is 0. The maximum atomic E-state index is 12.6. The van der Waals surface area contributed by atoms with E-state index in [-0.39, 0.29) is 22.9 Å². The number of amides is 1. The fourth-order valence-electron chi connectivity index (χ4n) is 3.13.